The Morgan fingerprint density at radius 1 is 0.885 bits per heavy atom. The van der Waals surface area contributed by atoms with E-state index < -0.39 is 11.9 Å². The first kappa shape index (κ1) is 17.3. The minimum Gasteiger partial charge on any atom is -0.454 e. The van der Waals surface area contributed by atoms with E-state index in [1.165, 1.54) is 18.2 Å². The Morgan fingerprint density at radius 2 is 1.35 bits per heavy atom. The van der Waals surface area contributed by atoms with Gasteiger partial charge in [0.1, 0.15) is 47.5 Å². The lowest BCUT2D eigenvalue weighted by Crippen LogP contribution is -2.13. The van der Waals surface area contributed by atoms with Gasteiger partial charge >= 0.3 is 11.9 Å². The van der Waals surface area contributed by atoms with Crippen LogP contribution in [0.15, 0.2) is 39.4 Å². The van der Waals surface area contributed by atoms with Gasteiger partial charge in [-0.25, -0.2) is 14.6 Å². The number of carbonyl (C=O) groups excluding carboxylic acids is 2. The fourth-order valence-electron chi connectivity index (χ4n) is 2.06. The maximum Gasteiger partial charge on any atom is 0.357 e. The molecule has 3 aromatic heterocycles. The molecule has 0 amide bonds. The number of aromatic nitrogens is 3. The van der Waals surface area contributed by atoms with Crippen LogP contribution < -0.4 is 0 Å². The Labute approximate surface area is 147 Å². The van der Waals surface area contributed by atoms with Crippen LogP contribution in [0.3, 0.4) is 0 Å². The van der Waals surface area contributed by atoms with E-state index in [4.69, 9.17) is 18.5 Å². The molecule has 26 heavy (non-hydrogen) atoms. The summed E-state index contributed by atoms with van der Waals surface area (Å²) in [6.07, 6.45) is 0. The van der Waals surface area contributed by atoms with Crippen molar-refractivity contribution in [3.8, 4) is 0 Å². The Hall–Kier alpha value is -3.49. The number of ether oxygens (including phenoxy) is 2. The zero-order chi connectivity index (χ0) is 18.5. The molecule has 0 N–H and O–H groups in total. The van der Waals surface area contributed by atoms with Crippen LogP contribution in [0.2, 0.25) is 0 Å². The highest BCUT2D eigenvalue weighted by molar-refractivity contribution is 5.91. The fraction of sp³-hybridized carbons (Fsp3) is 0.235. The summed E-state index contributed by atoms with van der Waals surface area (Å²) >= 11 is 0. The van der Waals surface area contributed by atoms with E-state index in [-0.39, 0.29) is 24.6 Å². The second kappa shape index (κ2) is 7.60. The lowest BCUT2D eigenvalue weighted by atomic mass is 10.3. The van der Waals surface area contributed by atoms with Crippen molar-refractivity contribution in [2.24, 2.45) is 0 Å². The van der Waals surface area contributed by atoms with Crippen molar-refractivity contribution in [3.05, 3.63) is 64.6 Å². The fourth-order valence-corrected chi connectivity index (χ4v) is 2.06. The van der Waals surface area contributed by atoms with Gasteiger partial charge in [-0.05, 0) is 26.0 Å². The molecule has 9 nitrogen and oxygen atoms in total. The number of rotatable bonds is 6. The number of aryl methyl sites for hydroxylation is 2. The first-order valence-electron chi connectivity index (χ1n) is 7.67. The molecular formula is C17H15N3O6. The number of hydrogen-bond acceptors (Lipinski definition) is 9. The molecule has 0 atom stereocenters. The van der Waals surface area contributed by atoms with Crippen molar-refractivity contribution in [2.45, 2.75) is 27.1 Å². The summed E-state index contributed by atoms with van der Waals surface area (Å²) in [5.74, 6) is -0.151. The molecule has 0 aliphatic carbocycles. The van der Waals surface area contributed by atoms with Crippen LogP contribution >= 0.6 is 0 Å². The summed E-state index contributed by atoms with van der Waals surface area (Å²) < 4.78 is 20.0. The van der Waals surface area contributed by atoms with Crippen molar-refractivity contribution in [3.63, 3.8) is 0 Å². The first-order valence-corrected chi connectivity index (χ1v) is 7.67. The van der Waals surface area contributed by atoms with E-state index in [0.717, 1.165) is 0 Å². The second-order valence-electron chi connectivity index (χ2n) is 5.42. The normalized spacial score (nSPS) is 10.5. The average molecular weight is 357 g/mol. The Morgan fingerprint density at radius 3 is 1.73 bits per heavy atom. The minimum absolute atomic E-state index is 0.0167. The van der Waals surface area contributed by atoms with Gasteiger partial charge in [0.2, 0.25) is 0 Å². The van der Waals surface area contributed by atoms with Crippen LogP contribution in [0.1, 0.15) is 43.9 Å². The van der Waals surface area contributed by atoms with Gasteiger partial charge in [0.15, 0.2) is 0 Å². The summed E-state index contributed by atoms with van der Waals surface area (Å²) in [5, 5.41) is 7.44. The molecule has 0 aliphatic rings. The van der Waals surface area contributed by atoms with E-state index in [0.29, 0.717) is 22.9 Å². The molecule has 0 radical (unpaired) electrons. The van der Waals surface area contributed by atoms with E-state index in [2.05, 4.69) is 15.3 Å². The minimum atomic E-state index is -0.688. The van der Waals surface area contributed by atoms with Crippen LogP contribution in [0.4, 0.5) is 0 Å². The summed E-state index contributed by atoms with van der Waals surface area (Å²) in [6.45, 7) is 3.35. The van der Waals surface area contributed by atoms with Gasteiger partial charge in [-0.1, -0.05) is 16.4 Å². The molecule has 0 unspecified atom stereocenters. The molecule has 0 aromatic carbocycles. The van der Waals surface area contributed by atoms with Gasteiger partial charge in [0, 0.05) is 12.1 Å². The van der Waals surface area contributed by atoms with Gasteiger partial charge in [-0.3, -0.25) is 0 Å². The molecule has 9 heteroatoms. The van der Waals surface area contributed by atoms with Gasteiger partial charge < -0.3 is 18.5 Å². The second-order valence-corrected chi connectivity index (χ2v) is 5.42. The van der Waals surface area contributed by atoms with Crippen molar-refractivity contribution < 1.29 is 28.1 Å². The zero-order valence-corrected chi connectivity index (χ0v) is 14.1. The zero-order valence-electron chi connectivity index (χ0n) is 14.1. The molecule has 0 spiro atoms. The van der Waals surface area contributed by atoms with E-state index >= 15 is 0 Å². The average Bonchev–Trinajstić information content (AvgIpc) is 3.25. The maximum absolute atomic E-state index is 12.1. The smallest absolute Gasteiger partial charge is 0.357 e. The number of pyridine rings is 1. The third-order valence-electron chi connectivity index (χ3n) is 3.22. The molecule has 0 saturated heterocycles. The standard InChI is InChI=1S/C17H15N3O6/c1-10-6-12(19-25-10)8-23-16(21)14-4-3-5-15(18-14)17(22)24-9-13-7-11(2)26-20-13/h3-7H,8-9H2,1-2H3. The van der Waals surface area contributed by atoms with Gasteiger partial charge in [0.25, 0.3) is 0 Å². The van der Waals surface area contributed by atoms with Crippen LogP contribution in [-0.4, -0.2) is 27.2 Å². The van der Waals surface area contributed by atoms with E-state index in [9.17, 15) is 9.59 Å². The SMILES string of the molecule is Cc1cc(COC(=O)c2cccc(C(=O)OCc3cc(C)on3)n2)no1. The molecule has 0 fully saturated rings. The van der Waals surface area contributed by atoms with Crippen molar-refractivity contribution in [1.29, 1.82) is 0 Å². The number of carbonyl (C=O) groups is 2. The molecule has 3 heterocycles. The third kappa shape index (κ3) is 4.32. The Kier molecular flexibility index (Phi) is 5.07. The van der Waals surface area contributed by atoms with E-state index in [1.54, 1.807) is 26.0 Å². The Bertz CT molecular complexity index is 858. The quantitative estimate of drug-likeness (QED) is 0.613. The molecular weight excluding hydrogens is 342 g/mol. The molecule has 3 rings (SSSR count). The number of hydrogen-bond donors (Lipinski definition) is 0. The lowest BCUT2D eigenvalue weighted by Gasteiger charge is -2.05. The molecule has 0 saturated carbocycles. The topological polar surface area (TPSA) is 118 Å². The van der Waals surface area contributed by atoms with E-state index in [1.807, 2.05) is 0 Å². The highest BCUT2D eigenvalue weighted by Gasteiger charge is 2.16. The van der Waals surface area contributed by atoms with Gasteiger partial charge in [0.05, 0.1) is 0 Å². The van der Waals surface area contributed by atoms with Crippen molar-refractivity contribution >= 4 is 11.9 Å². The molecule has 0 bridgehead atoms. The predicted molar refractivity (Wildman–Crippen MR) is 85.0 cm³/mol. The largest absolute Gasteiger partial charge is 0.454 e. The first-order chi connectivity index (χ1) is 12.5. The summed E-state index contributed by atoms with van der Waals surface area (Å²) in [7, 11) is 0. The molecule has 0 aliphatic heterocycles. The van der Waals surface area contributed by atoms with Crippen LogP contribution in [0.25, 0.3) is 0 Å². The van der Waals surface area contributed by atoms with Crippen molar-refractivity contribution in [1.82, 2.24) is 15.3 Å². The van der Waals surface area contributed by atoms with Gasteiger partial charge in [-0.2, -0.15) is 0 Å². The third-order valence-corrected chi connectivity index (χ3v) is 3.22. The monoisotopic (exact) mass is 357 g/mol. The summed E-state index contributed by atoms with van der Waals surface area (Å²) in [5.41, 5.74) is 0.928. The Balaban J connectivity index is 1.59. The van der Waals surface area contributed by atoms with Gasteiger partial charge in [-0.15, -0.1) is 0 Å². The maximum atomic E-state index is 12.1. The van der Waals surface area contributed by atoms with Crippen LogP contribution in [-0.2, 0) is 22.7 Å². The highest BCUT2D eigenvalue weighted by atomic mass is 16.5. The summed E-state index contributed by atoms with van der Waals surface area (Å²) in [4.78, 5) is 28.1. The number of nitrogens with zero attached hydrogens (tertiary/aromatic N) is 3. The van der Waals surface area contributed by atoms with Crippen LogP contribution in [0.5, 0.6) is 0 Å². The van der Waals surface area contributed by atoms with Crippen molar-refractivity contribution in [2.75, 3.05) is 0 Å². The van der Waals surface area contributed by atoms with Crippen LogP contribution in [0, 0.1) is 13.8 Å². The molecule has 3 aromatic rings. The molecule has 134 valence electrons. The predicted octanol–water partition coefficient (Wildman–Crippen LogP) is 2.39. The summed E-state index contributed by atoms with van der Waals surface area (Å²) in [6, 6.07) is 7.70. The number of esters is 2. The lowest BCUT2D eigenvalue weighted by molar-refractivity contribution is 0.0448. The highest BCUT2D eigenvalue weighted by Crippen LogP contribution is 2.09.